The monoisotopic (exact) mass is 375 g/mol. The summed E-state index contributed by atoms with van der Waals surface area (Å²) in [6, 6.07) is 11.7. The lowest BCUT2D eigenvalue weighted by atomic mass is 10.1. The van der Waals surface area contributed by atoms with E-state index in [0.717, 1.165) is 37.3 Å². The first-order valence-electron chi connectivity index (χ1n) is 9.67. The Bertz CT molecular complexity index is 1140. The van der Waals surface area contributed by atoms with E-state index in [1.165, 1.54) is 12.1 Å². The first kappa shape index (κ1) is 18.4. The van der Waals surface area contributed by atoms with Crippen molar-refractivity contribution in [3.05, 3.63) is 75.6 Å². The molecule has 3 aromatic rings. The molecule has 0 bridgehead atoms. The standard InChI is InChI=1S/C23H22FN3O/c1-2-3-11-26-12-13-27-22(16-26)25-21-15-18(9-10-20(21)23(27)28)8-7-17-5-4-6-19(24)14-17/h4-6,9-10,14-15H,2-3,11-13,16H2,1H3. The fraction of sp³-hybridized carbons (Fsp3) is 0.304. The molecule has 0 atom stereocenters. The van der Waals surface area contributed by atoms with Gasteiger partial charge in [0.2, 0.25) is 0 Å². The van der Waals surface area contributed by atoms with Crippen molar-refractivity contribution in [3.8, 4) is 11.8 Å². The van der Waals surface area contributed by atoms with Crippen LogP contribution in [0.2, 0.25) is 0 Å². The lowest BCUT2D eigenvalue weighted by molar-refractivity contribution is 0.210. The van der Waals surface area contributed by atoms with Crippen molar-refractivity contribution in [3.63, 3.8) is 0 Å². The molecule has 2 heterocycles. The van der Waals surface area contributed by atoms with E-state index in [0.29, 0.717) is 29.6 Å². The van der Waals surface area contributed by atoms with E-state index in [2.05, 4.69) is 23.7 Å². The zero-order valence-corrected chi connectivity index (χ0v) is 15.9. The Labute approximate surface area is 163 Å². The van der Waals surface area contributed by atoms with E-state index >= 15 is 0 Å². The Hall–Kier alpha value is -2.97. The summed E-state index contributed by atoms with van der Waals surface area (Å²) in [7, 11) is 0. The topological polar surface area (TPSA) is 38.1 Å². The molecule has 0 N–H and O–H groups in total. The molecule has 0 saturated heterocycles. The molecule has 1 aliphatic heterocycles. The highest BCUT2D eigenvalue weighted by molar-refractivity contribution is 5.79. The number of unbranched alkanes of at least 4 members (excludes halogenated alkanes) is 1. The van der Waals surface area contributed by atoms with Crippen LogP contribution in [0.15, 0.2) is 47.3 Å². The van der Waals surface area contributed by atoms with Crippen LogP contribution in [0.3, 0.4) is 0 Å². The molecule has 142 valence electrons. The summed E-state index contributed by atoms with van der Waals surface area (Å²) in [5, 5.41) is 0.613. The van der Waals surface area contributed by atoms with Gasteiger partial charge in [0.25, 0.3) is 5.56 Å². The second-order valence-electron chi connectivity index (χ2n) is 7.11. The minimum absolute atomic E-state index is 0.0137. The first-order chi connectivity index (χ1) is 13.6. The second-order valence-corrected chi connectivity index (χ2v) is 7.11. The highest BCUT2D eigenvalue weighted by Crippen LogP contribution is 2.15. The summed E-state index contributed by atoms with van der Waals surface area (Å²) in [6.07, 6.45) is 2.30. The number of hydrogen-bond acceptors (Lipinski definition) is 3. The van der Waals surface area contributed by atoms with Crippen LogP contribution < -0.4 is 5.56 Å². The zero-order valence-electron chi connectivity index (χ0n) is 15.9. The van der Waals surface area contributed by atoms with Crippen LogP contribution in [0.5, 0.6) is 0 Å². The van der Waals surface area contributed by atoms with Crippen LogP contribution in [0.25, 0.3) is 10.9 Å². The van der Waals surface area contributed by atoms with Crippen molar-refractivity contribution in [2.75, 3.05) is 13.1 Å². The average molecular weight is 375 g/mol. The van der Waals surface area contributed by atoms with Gasteiger partial charge in [-0.25, -0.2) is 9.37 Å². The van der Waals surface area contributed by atoms with Crippen LogP contribution in [0.1, 0.15) is 36.7 Å². The predicted molar refractivity (Wildman–Crippen MR) is 109 cm³/mol. The Balaban J connectivity index is 1.67. The maximum atomic E-state index is 13.3. The number of hydrogen-bond donors (Lipinski definition) is 0. The van der Waals surface area contributed by atoms with Gasteiger partial charge in [0.05, 0.1) is 17.4 Å². The van der Waals surface area contributed by atoms with Crippen molar-refractivity contribution in [1.82, 2.24) is 14.5 Å². The van der Waals surface area contributed by atoms with E-state index in [1.807, 2.05) is 12.1 Å². The molecule has 28 heavy (non-hydrogen) atoms. The number of nitrogens with zero attached hydrogens (tertiary/aromatic N) is 3. The normalized spacial score (nSPS) is 13.8. The molecule has 0 amide bonds. The summed E-state index contributed by atoms with van der Waals surface area (Å²) in [5.41, 5.74) is 2.05. The minimum atomic E-state index is -0.306. The largest absolute Gasteiger partial charge is 0.294 e. The number of fused-ring (bicyclic) bond motifs is 2. The van der Waals surface area contributed by atoms with Gasteiger partial charge in [-0.15, -0.1) is 0 Å². The van der Waals surface area contributed by atoms with Gasteiger partial charge in [-0.2, -0.15) is 0 Å². The molecule has 0 spiro atoms. The van der Waals surface area contributed by atoms with E-state index in [9.17, 15) is 9.18 Å². The number of rotatable bonds is 3. The molecule has 4 nitrogen and oxygen atoms in total. The van der Waals surface area contributed by atoms with E-state index in [-0.39, 0.29) is 11.4 Å². The highest BCUT2D eigenvalue weighted by atomic mass is 19.1. The molecular formula is C23H22FN3O. The summed E-state index contributed by atoms with van der Waals surface area (Å²) in [4.78, 5) is 20.0. The van der Waals surface area contributed by atoms with E-state index in [4.69, 9.17) is 4.98 Å². The van der Waals surface area contributed by atoms with Gasteiger partial charge < -0.3 is 0 Å². The Kier molecular flexibility index (Phi) is 5.23. The Morgan fingerprint density at radius 1 is 1.11 bits per heavy atom. The van der Waals surface area contributed by atoms with Crippen molar-refractivity contribution in [1.29, 1.82) is 0 Å². The van der Waals surface area contributed by atoms with Crippen molar-refractivity contribution < 1.29 is 4.39 Å². The molecule has 5 heteroatoms. The maximum absolute atomic E-state index is 13.3. The molecule has 0 fully saturated rings. The maximum Gasteiger partial charge on any atom is 0.261 e. The lowest BCUT2D eigenvalue weighted by Crippen LogP contribution is -2.40. The SMILES string of the molecule is CCCCN1CCn2c(nc3cc(C#Cc4cccc(F)c4)ccc3c2=O)C1. The van der Waals surface area contributed by atoms with Gasteiger partial charge in [-0.3, -0.25) is 14.3 Å². The molecular weight excluding hydrogens is 353 g/mol. The smallest absolute Gasteiger partial charge is 0.261 e. The molecule has 1 aromatic heterocycles. The second kappa shape index (κ2) is 7.95. The van der Waals surface area contributed by atoms with Gasteiger partial charge in [0, 0.05) is 24.2 Å². The fourth-order valence-corrected chi connectivity index (χ4v) is 3.50. The first-order valence-corrected chi connectivity index (χ1v) is 9.67. The van der Waals surface area contributed by atoms with Crippen LogP contribution in [-0.2, 0) is 13.1 Å². The summed E-state index contributed by atoms with van der Waals surface area (Å²) < 4.78 is 15.1. The summed E-state index contributed by atoms with van der Waals surface area (Å²) in [5.74, 6) is 6.51. The van der Waals surface area contributed by atoms with Gasteiger partial charge in [0.15, 0.2) is 0 Å². The molecule has 0 radical (unpaired) electrons. The van der Waals surface area contributed by atoms with Crippen LogP contribution in [0, 0.1) is 17.7 Å². The fourth-order valence-electron chi connectivity index (χ4n) is 3.50. The third-order valence-electron chi connectivity index (χ3n) is 5.04. The molecule has 0 unspecified atom stereocenters. The van der Waals surface area contributed by atoms with Crippen LogP contribution >= 0.6 is 0 Å². The zero-order chi connectivity index (χ0) is 19.5. The van der Waals surface area contributed by atoms with Gasteiger partial charge in [-0.1, -0.05) is 31.3 Å². The van der Waals surface area contributed by atoms with Gasteiger partial charge >= 0.3 is 0 Å². The minimum Gasteiger partial charge on any atom is -0.294 e. The third kappa shape index (κ3) is 3.83. The lowest BCUT2D eigenvalue weighted by Gasteiger charge is -2.29. The van der Waals surface area contributed by atoms with E-state index < -0.39 is 0 Å². The van der Waals surface area contributed by atoms with Crippen molar-refractivity contribution in [2.45, 2.75) is 32.9 Å². The number of halogens is 1. The van der Waals surface area contributed by atoms with E-state index in [1.54, 1.807) is 22.8 Å². The third-order valence-corrected chi connectivity index (χ3v) is 5.04. The number of aromatic nitrogens is 2. The van der Waals surface area contributed by atoms with Gasteiger partial charge in [0.1, 0.15) is 11.6 Å². The molecule has 0 saturated carbocycles. The highest BCUT2D eigenvalue weighted by Gasteiger charge is 2.19. The molecule has 4 rings (SSSR count). The van der Waals surface area contributed by atoms with Crippen molar-refractivity contribution in [2.24, 2.45) is 0 Å². The van der Waals surface area contributed by atoms with Crippen LogP contribution in [0.4, 0.5) is 4.39 Å². The quantitative estimate of drug-likeness (QED) is 0.657. The molecule has 2 aromatic carbocycles. The van der Waals surface area contributed by atoms with Crippen LogP contribution in [-0.4, -0.2) is 27.5 Å². The molecule has 0 aliphatic carbocycles. The Morgan fingerprint density at radius 3 is 2.71 bits per heavy atom. The van der Waals surface area contributed by atoms with Gasteiger partial charge in [-0.05, 0) is 49.4 Å². The predicted octanol–water partition coefficient (Wildman–Crippen LogP) is 3.55. The number of benzene rings is 2. The summed E-state index contributed by atoms with van der Waals surface area (Å²) in [6.45, 7) is 5.48. The average Bonchev–Trinajstić information content (AvgIpc) is 2.70. The Morgan fingerprint density at radius 2 is 1.93 bits per heavy atom. The summed E-state index contributed by atoms with van der Waals surface area (Å²) >= 11 is 0. The molecule has 1 aliphatic rings. The van der Waals surface area contributed by atoms with Crippen molar-refractivity contribution >= 4 is 10.9 Å².